The molecule has 3 rings (SSSR count). The molecule has 1 aromatic rings. The number of para-hydroxylation sites is 1. The normalized spacial score (nSPS) is 25.5. The van der Waals surface area contributed by atoms with Gasteiger partial charge in [-0.25, -0.2) is 0 Å². The number of nitrogens with one attached hydrogen (secondary N) is 1. The SMILES string of the molecule is CC1CN(C)c2ccccc2CN1C(=O)CC1COCCN1. The van der Waals surface area contributed by atoms with Crippen molar-refractivity contribution in [1.29, 1.82) is 0 Å². The molecule has 2 aliphatic rings. The van der Waals surface area contributed by atoms with Gasteiger partial charge in [0.2, 0.25) is 5.91 Å². The molecule has 22 heavy (non-hydrogen) atoms. The maximum absolute atomic E-state index is 12.8. The number of fused-ring (bicyclic) bond motifs is 1. The van der Waals surface area contributed by atoms with Crippen molar-refractivity contribution in [2.24, 2.45) is 0 Å². The maximum atomic E-state index is 12.8. The fourth-order valence-electron chi connectivity index (χ4n) is 3.36. The Kier molecular flexibility index (Phi) is 4.64. The predicted octanol–water partition coefficient (Wildman–Crippen LogP) is 1.23. The second-order valence-corrected chi connectivity index (χ2v) is 6.31. The number of nitrogens with zero attached hydrogens (tertiary/aromatic N) is 2. The highest BCUT2D eigenvalue weighted by molar-refractivity contribution is 5.78. The number of rotatable bonds is 2. The molecule has 1 aromatic carbocycles. The first kappa shape index (κ1) is 15.3. The van der Waals surface area contributed by atoms with Gasteiger partial charge >= 0.3 is 0 Å². The van der Waals surface area contributed by atoms with Gasteiger partial charge in [-0.1, -0.05) is 18.2 Å². The Morgan fingerprint density at radius 2 is 2.23 bits per heavy atom. The van der Waals surface area contributed by atoms with Crippen molar-refractivity contribution >= 4 is 11.6 Å². The lowest BCUT2D eigenvalue weighted by molar-refractivity contribution is -0.134. The van der Waals surface area contributed by atoms with Gasteiger partial charge in [0, 0.05) is 50.9 Å². The summed E-state index contributed by atoms with van der Waals surface area (Å²) in [7, 11) is 2.10. The Morgan fingerprint density at radius 1 is 1.41 bits per heavy atom. The van der Waals surface area contributed by atoms with Crippen LogP contribution in [0.5, 0.6) is 0 Å². The van der Waals surface area contributed by atoms with Gasteiger partial charge in [0.05, 0.1) is 13.2 Å². The van der Waals surface area contributed by atoms with E-state index in [-0.39, 0.29) is 18.0 Å². The zero-order valence-corrected chi connectivity index (χ0v) is 13.4. The maximum Gasteiger partial charge on any atom is 0.224 e. The number of morpholine rings is 1. The Bertz CT molecular complexity index is 528. The largest absolute Gasteiger partial charge is 0.378 e. The number of hydrogen-bond acceptors (Lipinski definition) is 4. The van der Waals surface area contributed by atoms with E-state index in [9.17, 15) is 4.79 Å². The second kappa shape index (κ2) is 6.67. The molecule has 0 aromatic heterocycles. The molecule has 1 saturated heterocycles. The molecule has 5 nitrogen and oxygen atoms in total. The van der Waals surface area contributed by atoms with Crippen molar-refractivity contribution in [1.82, 2.24) is 10.2 Å². The van der Waals surface area contributed by atoms with Crippen LogP contribution in [0.4, 0.5) is 5.69 Å². The molecule has 0 spiro atoms. The number of likely N-dealkylation sites (N-methyl/N-ethyl adjacent to an activating group) is 1. The molecule has 0 saturated carbocycles. The van der Waals surface area contributed by atoms with Gasteiger partial charge in [0.1, 0.15) is 0 Å². The molecule has 2 aliphatic heterocycles. The third-order valence-electron chi connectivity index (χ3n) is 4.55. The lowest BCUT2D eigenvalue weighted by Crippen LogP contribution is -2.47. The molecule has 2 unspecified atom stereocenters. The van der Waals surface area contributed by atoms with Crippen molar-refractivity contribution < 1.29 is 9.53 Å². The van der Waals surface area contributed by atoms with Crippen LogP contribution in [-0.2, 0) is 16.1 Å². The minimum absolute atomic E-state index is 0.143. The van der Waals surface area contributed by atoms with Crippen molar-refractivity contribution in [3.8, 4) is 0 Å². The summed E-state index contributed by atoms with van der Waals surface area (Å²) in [6, 6.07) is 8.69. The van der Waals surface area contributed by atoms with E-state index in [1.165, 1.54) is 11.3 Å². The van der Waals surface area contributed by atoms with E-state index in [2.05, 4.69) is 42.4 Å². The molecule has 5 heteroatoms. The third kappa shape index (κ3) is 3.25. The summed E-state index contributed by atoms with van der Waals surface area (Å²) in [5, 5.41) is 3.36. The van der Waals surface area contributed by atoms with Crippen LogP contribution in [0.2, 0.25) is 0 Å². The monoisotopic (exact) mass is 303 g/mol. The summed E-state index contributed by atoms with van der Waals surface area (Å²) >= 11 is 0. The number of hydrogen-bond donors (Lipinski definition) is 1. The zero-order valence-electron chi connectivity index (χ0n) is 13.4. The smallest absolute Gasteiger partial charge is 0.224 e. The topological polar surface area (TPSA) is 44.8 Å². The fourth-order valence-corrected chi connectivity index (χ4v) is 3.36. The van der Waals surface area contributed by atoms with E-state index in [1.807, 2.05) is 11.0 Å². The molecular weight excluding hydrogens is 278 g/mol. The highest BCUT2D eigenvalue weighted by Gasteiger charge is 2.28. The van der Waals surface area contributed by atoms with Gasteiger partial charge in [-0.2, -0.15) is 0 Å². The zero-order chi connectivity index (χ0) is 15.5. The summed E-state index contributed by atoms with van der Waals surface area (Å²) in [6.07, 6.45) is 0.510. The number of amides is 1. The average Bonchev–Trinajstić information content (AvgIpc) is 2.65. The predicted molar refractivity (Wildman–Crippen MR) is 87.0 cm³/mol. The molecular formula is C17H25N3O2. The Hall–Kier alpha value is -1.59. The molecule has 1 N–H and O–H groups in total. The van der Waals surface area contributed by atoms with Crippen LogP contribution < -0.4 is 10.2 Å². The van der Waals surface area contributed by atoms with Crippen LogP contribution in [0.25, 0.3) is 0 Å². The average molecular weight is 303 g/mol. The molecule has 1 amide bonds. The Morgan fingerprint density at radius 3 is 3.00 bits per heavy atom. The van der Waals surface area contributed by atoms with Crippen molar-refractivity contribution in [3.05, 3.63) is 29.8 Å². The number of carbonyl (C=O) groups is 1. The van der Waals surface area contributed by atoms with Crippen LogP contribution in [-0.4, -0.2) is 56.2 Å². The van der Waals surface area contributed by atoms with Crippen molar-refractivity contribution in [2.45, 2.75) is 32.0 Å². The highest BCUT2D eigenvalue weighted by atomic mass is 16.5. The Labute approximate surface area is 132 Å². The van der Waals surface area contributed by atoms with Crippen LogP contribution in [0.3, 0.4) is 0 Å². The van der Waals surface area contributed by atoms with E-state index >= 15 is 0 Å². The quantitative estimate of drug-likeness (QED) is 0.893. The van der Waals surface area contributed by atoms with E-state index in [1.54, 1.807) is 0 Å². The number of benzene rings is 1. The summed E-state index contributed by atoms with van der Waals surface area (Å²) in [4.78, 5) is 17.0. The van der Waals surface area contributed by atoms with Crippen LogP contribution >= 0.6 is 0 Å². The molecule has 0 aliphatic carbocycles. The minimum Gasteiger partial charge on any atom is -0.378 e. The first-order valence-corrected chi connectivity index (χ1v) is 8.05. The van der Waals surface area contributed by atoms with Gasteiger partial charge in [0.25, 0.3) is 0 Å². The number of anilines is 1. The van der Waals surface area contributed by atoms with Crippen molar-refractivity contribution in [3.63, 3.8) is 0 Å². The second-order valence-electron chi connectivity index (χ2n) is 6.31. The summed E-state index contributed by atoms with van der Waals surface area (Å²) in [6.45, 7) is 5.88. The van der Waals surface area contributed by atoms with Gasteiger partial charge in [-0.3, -0.25) is 4.79 Å². The van der Waals surface area contributed by atoms with Crippen LogP contribution in [0.1, 0.15) is 18.9 Å². The standard InChI is InChI=1S/C17H25N3O2/c1-13-10-19(2)16-6-4-3-5-14(16)11-20(13)17(21)9-15-12-22-8-7-18-15/h3-6,13,15,18H,7-12H2,1-2H3. The van der Waals surface area contributed by atoms with Gasteiger partial charge < -0.3 is 19.9 Å². The summed E-state index contributed by atoms with van der Waals surface area (Å²) in [5.74, 6) is 0.209. The summed E-state index contributed by atoms with van der Waals surface area (Å²) < 4.78 is 5.45. The van der Waals surface area contributed by atoms with Gasteiger partial charge in [0.15, 0.2) is 0 Å². The molecule has 0 radical (unpaired) electrons. The molecule has 2 heterocycles. The van der Waals surface area contributed by atoms with E-state index < -0.39 is 0 Å². The molecule has 120 valence electrons. The van der Waals surface area contributed by atoms with E-state index in [0.717, 1.165) is 19.7 Å². The van der Waals surface area contributed by atoms with Gasteiger partial charge in [-0.05, 0) is 18.6 Å². The lowest BCUT2D eigenvalue weighted by atomic mass is 10.1. The van der Waals surface area contributed by atoms with E-state index in [0.29, 0.717) is 19.6 Å². The van der Waals surface area contributed by atoms with Crippen LogP contribution in [0, 0.1) is 0 Å². The first-order valence-electron chi connectivity index (χ1n) is 8.05. The van der Waals surface area contributed by atoms with Gasteiger partial charge in [-0.15, -0.1) is 0 Å². The fraction of sp³-hybridized carbons (Fsp3) is 0.588. The third-order valence-corrected chi connectivity index (χ3v) is 4.55. The Balaban J connectivity index is 1.73. The molecule has 1 fully saturated rings. The number of carbonyl (C=O) groups excluding carboxylic acids is 1. The lowest BCUT2D eigenvalue weighted by Gasteiger charge is -2.31. The van der Waals surface area contributed by atoms with E-state index in [4.69, 9.17) is 4.74 Å². The molecule has 0 bridgehead atoms. The summed E-state index contributed by atoms with van der Waals surface area (Å²) in [5.41, 5.74) is 2.44. The van der Waals surface area contributed by atoms with Crippen molar-refractivity contribution in [2.75, 3.05) is 38.3 Å². The molecule has 2 atom stereocenters. The highest BCUT2D eigenvalue weighted by Crippen LogP contribution is 2.26. The minimum atomic E-state index is 0.143. The number of ether oxygens (including phenoxy) is 1. The first-order chi connectivity index (χ1) is 10.6. The van der Waals surface area contributed by atoms with Crippen LogP contribution in [0.15, 0.2) is 24.3 Å².